The molecule has 0 bridgehead atoms. The van der Waals surface area contributed by atoms with Crippen molar-refractivity contribution in [3.63, 3.8) is 0 Å². The molecule has 0 aromatic carbocycles. The Morgan fingerprint density at radius 3 is 2.47 bits per heavy atom. The number of guanidine groups is 1. The molecule has 0 amide bonds. The Kier molecular flexibility index (Phi) is 3.90. The van der Waals surface area contributed by atoms with Gasteiger partial charge in [-0.15, -0.1) is 24.0 Å². The molecule has 3 aliphatic rings. The SMILES string of the molecule is CN=C(NC1CC1C)N1CCC2(CCC2)C1.I. The third-order valence-corrected chi connectivity index (χ3v) is 4.79. The summed E-state index contributed by atoms with van der Waals surface area (Å²) in [7, 11) is 1.92. The highest BCUT2D eigenvalue weighted by atomic mass is 127. The summed E-state index contributed by atoms with van der Waals surface area (Å²) in [6.45, 7) is 4.76. The lowest BCUT2D eigenvalue weighted by atomic mass is 9.68. The Bertz CT molecular complexity index is 312. The van der Waals surface area contributed by atoms with Gasteiger partial charge in [-0.2, -0.15) is 0 Å². The zero-order valence-electron chi connectivity index (χ0n) is 10.9. The van der Waals surface area contributed by atoms with Gasteiger partial charge in [0, 0.05) is 26.2 Å². The summed E-state index contributed by atoms with van der Waals surface area (Å²) in [6.07, 6.45) is 7.03. The van der Waals surface area contributed by atoms with E-state index in [4.69, 9.17) is 0 Å². The monoisotopic (exact) mass is 349 g/mol. The molecule has 1 heterocycles. The van der Waals surface area contributed by atoms with Gasteiger partial charge in [0.15, 0.2) is 5.96 Å². The summed E-state index contributed by atoms with van der Waals surface area (Å²) in [4.78, 5) is 6.92. The van der Waals surface area contributed by atoms with E-state index in [1.165, 1.54) is 45.2 Å². The van der Waals surface area contributed by atoms with Crippen LogP contribution < -0.4 is 5.32 Å². The molecule has 98 valence electrons. The maximum atomic E-state index is 4.44. The molecule has 1 spiro atoms. The zero-order chi connectivity index (χ0) is 11.2. The second kappa shape index (κ2) is 4.94. The first kappa shape index (κ1) is 13.4. The third kappa shape index (κ3) is 2.56. The number of aliphatic imine (C=N–C) groups is 1. The van der Waals surface area contributed by atoms with Gasteiger partial charge in [0.2, 0.25) is 0 Å². The average molecular weight is 349 g/mol. The lowest BCUT2D eigenvalue weighted by Gasteiger charge is -2.38. The summed E-state index contributed by atoms with van der Waals surface area (Å²) in [5, 5.41) is 3.59. The highest BCUT2D eigenvalue weighted by Crippen LogP contribution is 2.48. The van der Waals surface area contributed by atoms with Crippen molar-refractivity contribution in [1.29, 1.82) is 0 Å². The van der Waals surface area contributed by atoms with E-state index in [1.54, 1.807) is 0 Å². The van der Waals surface area contributed by atoms with Gasteiger partial charge in [-0.25, -0.2) is 0 Å². The van der Waals surface area contributed by atoms with E-state index < -0.39 is 0 Å². The summed E-state index contributed by atoms with van der Waals surface area (Å²) in [6, 6.07) is 0.691. The number of hydrogen-bond acceptors (Lipinski definition) is 1. The molecule has 2 saturated carbocycles. The van der Waals surface area contributed by atoms with Crippen molar-refractivity contribution in [2.75, 3.05) is 20.1 Å². The molecule has 2 atom stereocenters. The quantitative estimate of drug-likeness (QED) is 0.447. The van der Waals surface area contributed by atoms with Gasteiger partial charge < -0.3 is 10.2 Å². The van der Waals surface area contributed by atoms with Gasteiger partial charge in [0.1, 0.15) is 0 Å². The van der Waals surface area contributed by atoms with Crippen LogP contribution >= 0.6 is 24.0 Å². The Morgan fingerprint density at radius 1 is 1.35 bits per heavy atom. The minimum Gasteiger partial charge on any atom is -0.353 e. The molecule has 2 aliphatic carbocycles. The van der Waals surface area contributed by atoms with E-state index in [0.29, 0.717) is 11.5 Å². The Morgan fingerprint density at radius 2 is 2.06 bits per heavy atom. The van der Waals surface area contributed by atoms with Crippen molar-refractivity contribution in [1.82, 2.24) is 10.2 Å². The van der Waals surface area contributed by atoms with Crippen LogP contribution in [0.3, 0.4) is 0 Å². The number of rotatable bonds is 1. The summed E-state index contributed by atoms with van der Waals surface area (Å²) in [5.74, 6) is 2.00. The van der Waals surface area contributed by atoms with Crippen molar-refractivity contribution < 1.29 is 0 Å². The molecule has 0 aromatic heterocycles. The molecule has 17 heavy (non-hydrogen) atoms. The summed E-state index contributed by atoms with van der Waals surface area (Å²) in [5.41, 5.74) is 0.673. The molecule has 2 unspecified atom stereocenters. The first-order chi connectivity index (χ1) is 7.72. The van der Waals surface area contributed by atoms with Crippen LogP contribution in [0.2, 0.25) is 0 Å². The third-order valence-electron chi connectivity index (χ3n) is 4.79. The molecule has 3 nitrogen and oxygen atoms in total. The highest BCUT2D eigenvalue weighted by molar-refractivity contribution is 14.0. The fraction of sp³-hybridized carbons (Fsp3) is 0.923. The molecule has 1 saturated heterocycles. The smallest absolute Gasteiger partial charge is 0.193 e. The lowest BCUT2D eigenvalue weighted by Crippen LogP contribution is -2.43. The molecule has 3 fully saturated rings. The zero-order valence-corrected chi connectivity index (χ0v) is 13.2. The minimum atomic E-state index is 0. The minimum absolute atomic E-state index is 0. The van der Waals surface area contributed by atoms with Crippen LogP contribution in [0.25, 0.3) is 0 Å². The molecule has 3 rings (SSSR count). The van der Waals surface area contributed by atoms with Crippen molar-refractivity contribution >= 4 is 29.9 Å². The van der Waals surface area contributed by atoms with Gasteiger partial charge in [0.05, 0.1) is 0 Å². The lowest BCUT2D eigenvalue weighted by molar-refractivity contribution is 0.151. The van der Waals surface area contributed by atoms with Crippen molar-refractivity contribution in [3.8, 4) is 0 Å². The standard InChI is InChI=1S/C13H23N3.HI/c1-10-8-11(10)15-12(14-2)16-7-6-13(9-16)4-3-5-13;/h10-11H,3-9H2,1-2H3,(H,14,15);1H. The van der Waals surface area contributed by atoms with Crippen LogP contribution in [-0.2, 0) is 0 Å². The second-order valence-corrected chi connectivity index (χ2v) is 6.04. The number of nitrogens with one attached hydrogen (secondary N) is 1. The normalized spacial score (nSPS) is 34.2. The van der Waals surface area contributed by atoms with Crippen molar-refractivity contribution in [2.24, 2.45) is 16.3 Å². The van der Waals surface area contributed by atoms with E-state index in [2.05, 4.69) is 22.1 Å². The molecular formula is C13H24IN3. The van der Waals surface area contributed by atoms with E-state index in [-0.39, 0.29) is 24.0 Å². The van der Waals surface area contributed by atoms with Crippen LogP contribution in [0.5, 0.6) is 0 Å². The Hall–Kier alpha value is 0. The number of halogens is 1. The van der Waals surface area contributed by atoms with Crippen LogP contribution in [0.4, 0.5) is 0 Å². The number of likely N-dealkylation sites (tertiary alicyclic amines) is 1. The molecule has 0 aromatic rings. The van der Waals surface area contributed by atoms with Gasteiger partial charge >= 0.3 is 0 Å². The van der Waals surface area contributed by atoms with Crippen LogP contribution in [0.1, 0.15) is 39.0 Å². The van der Waals surface area contributed by atoms with Crippen LogP contribution in [0.15, 0.2) is 4.99 Å². The van der Waals surface area contributed by atoms with Gasteiger partial charge in [-0.3, -0.25) is 4.99 Å². The first-order valence-corrected chi connectivity index (χ1v) is 6.71. The van der Waals surface area contributed by atoms with E-state index in [9.17, 15) is 0 Å². The Balaban J connectivity index is 0.00000108. The average Bonchev–Trinajstić information content (AvgIpc) is 2.78. The predicted molar refractivity (Wildman–Crippen MR) is 82.0 cm³/mol. The number of nitrogens with zero attached hydrogens (tertiary/aromatic N) is 2. The molecule has 1 aliphatic heterocycles. The number of hydrogen-bond donors (Lipinski definition) is 1. The second-order valence-electron chi connectivity index (χ2n) is 6.04. The van der Waals surface area contributed by atoms with Crippen LogP contribution in [0, 0.1) is 11.3 Å². The maximum Gasteiger partial charge on any atom is 0.193 e. The summed E-state index contributed by atoms with van der Waals surface area (Å²) >= 11 is 0. The van der Waals surface area contributed by atoms with E-state index >= 15 is 0 Å². The highest BCUT2D eigenvalue weighted by Gasteiger charge is 2.44. The van der Waals surface area contributed by atoms with Crippen molar-refractivity contribution in [2.45, 2.75) is 45.1 Å². The largest absolute Gasteiger partial charge is 0.353 e. The topological polar surface area (TPSA) is 27.6 Å². The maximum absolute atomic E-state index is 4.44. The molecule has 0 radical (unpaired) electrons. The van der Waals surface area contributed by atoms with Gasteiger partial charge in [-0.05, 0) is 37.0 Å². The van der Waals surface area contributed by atoms with Gasteiger partial charge in [-0.1, -0.05) is 13.3 Å². The predicted octanol–water partition coefficient (Wildman–Crippen LogP) is 2.46. The Labute approximate surface area is 121 Å². The van der Waals surface area contributed by atoms with Crippen molar-refractivity contribution in [3.05, 3.63) is 0 Å². The fourth-order valence-corrected chi connectivity index (χ4v) is 3.19. The molecule has 1 N–H and O–H groups in total. The van der Waals surface area contributed by atoms with Crippen LogP contribution in [-0.4, -0.2) is 37.0 Å². The fourth-order valence-electron chi connectivity index (χ4n) is 3.19. The molecular weight excluding hydrogens is 325 g/mol. The van der Waals surface area contributed by atoms with E-state index in [1.807, 2.05) is 7.05 Å². The van der Waals surface area contributed by atoms with Gasteiger partial charge in [0.25, 0.3) is 0 Å². The van der Waals surface area contributed by atoms with E-state index in [0.717, 1.165) is 11.9 Å². The summed E-state index contributed by atoms with van der Waals surface area (Å²) < 4.78 is 0. The first-order valence-electron chi connectivity index (χ1n) is 6.71. The molecule has 4 heteroatoms.